The van der Waals surface area contributed by atoms with Crippen molar-refractivity contribution in [2.24, 2.45) is 29.2 Å². The van der Waals surface area contributed by atoms with E-state index in [1.807, 2.05) is 71.9 Å². The van der Waals surface area contributed by atoms with Gasteiger partial charge < -0.3 is 59.1 Å². The molecule has 1 aliphatic rings. The van der Waals surface area contributed by atoms with Crippen molar-refractivity contribution in [1.29, 1.82) is 0 Å². The maximum Gasteiger partial charge on any atom is 0.245 e. The van der Waals surface area contributed by atoms with Crippen molar-refractivity contribution in [3.05, 3.63) is 35.9 Å². The Bertz CT molecular complexity index is 1660. The number of aliphatic hydroxyl groups excluding tert-OH is 1. The highest BCUT2D eigenvalue weighted by Gasteiger charge is 2.37. The largest absolute Gasteiger partial charge is 0.394 e. The second-order valence-corrected chi connectivity index (χ2v) is 17.5. The van der Waals surface area contributed by atoms with Crippen LogP contribution in [0, 0.1) is 17.8 Å². The van der Waals surface area contributed by atoms with Crippen LogP contribution in [-0.4, -0.2) is 120 Å². The first-order valence-corrected chi connectivity index (χ1v) is 21.7. The number of hydrogen-bond acceptors (Lipinski definition) is 11. The Morgan fingerprint density at radius 3 is 1.74 bits per heavy atom. The molecule has 9 atom stereocenters. The lowest BCUT2D eigenvalue weighted by atomic mass is 9.99. The van der Waals surface area contributed by atoms with Crippen molar-refractivity contribution < 1.29 is 43.5 Å². The van der Waals surface area contributed by atoms with Gasteiger partial charge in [-0.3, -0.25) is 38.4 Å². The average Bonchev–Trinajstić information content (AvgIpc) is 3.19. The molecule has 0 bridgehead atoms. The lowest BCUT2D eigenvalue weighted by Crippen LogP contribution is -2.64. The van der Waals surface area contributed by atoms with Crippen LogP contribution in [0.4, 0.5) is 0 Å². The molecule has 19 heteroatoms. The summed E-state index contributed by atoms with van der Waals surface area (Å²) < 4.78 is 0. The van der Waals surface area contributed by atoms with Crippen LogP contribution in [0.3, 0.4) is 0 Å². The molecule has 0 aromatic heterocycles. The van der Waals surface area contributed by atoms with Crippen LogP contribution in [0.1, 0.15) is 99.5 Å². The van der Waals surface area contributed by atoms with E-state index in [1.54, 1.807) is 0 Å². The molecule has 1 heterocycles. The van der Waals surface area contributed by atoms with Crippen LogP contribution in [0.5, 0.6) is 0 Å². The molecule has 1 unspecified atom stereocenters. The van der Waals surface area contributed by atoms with Crippen molar-refractivity contribution in [2.75, 3.05) is 13.2 Å². The topological polar surface area (TPSA) is 305 Å². The second kappa shape index (κ2) is 26.4. The number of carbonyl (C=O) groups is 8. The molecule has 62 heavy (non-hydrogen) atoms. The van der Waals surface area contributed by atoms with Crippen LogP contribution in [0.15, 0.2) is 30.3 Å². The molecule has 348 valence electrons. The zero-order valence-electron chi connectivity index (χ0n) is 37.5. The Hall–Kier alpha value is -5.14. The van der Waals surface area contributed by atoms with E-state index in [9.17, 15) is 43.5 Å². The minimum atomic E-state index is -1.65. The van der Waals surface area contributed by atoms with Crippen LogP contribution < -0.4 is 54.0 Å². The monoisotopic (exact) mass is 873 g/mol. The van der Waals surface area contributed by atoms with Gasteiger partial charge in [0.25, 0.3) is 0 Å². The van der Waals surface area contributed by atoms with E-state index in [4.69, 9.17) is 11.5 Å². The number of rotatable bonds is 21. The summed E-state index contributed by atoms with van der Waals surface area (Å²) in [6.45, 7) is 13.4. The summed E-state index contributed by atoms with van der Waals surface area (Å²) in [5.41, 5.74) is 12.7. The minimum absolute atomic E-state index is 0.00892. The van der Waals surface area contributed by atoms with E-state index in [1.165, 1.54) is 13.8 Å². The SMILES string of the molecule is CC(C)C[C@@H]1NC(=O)[C@H](C)NC(=O)C(NC(=O)[C@H](CO)NC(=O)[C@@H](CCCCN)NC(=O)[C@@H](CC(C)C)NC(=O)[C@@H](N)Cc2ccccc2)[C@H](C)NC(=O)[C@H](CC(C)C)NC1=O. The third kappa shape index (κ3) is 18.1. The van der Waals surface area contributed by atoms with E-state index in [-0.39, 0.29) is 49.9 Å². The van der Waals surface area contributed by atoms with Gasteiger partial charge in [-0.25, -0.2) is 0 Å². The van der Waals surface area contributed by atoms with Gasteiger partial charge in [0.05, 0.1) is 18.7 Å². The van der Waals surface area contributed by atoms with Crippen molar-refractivity contribution >= 4 is 47.3 Å². The Morgan fingerprint density at radius 2 is 1.19 bits per heavy atom. The summed E-state index contributed by atoms with van der Waals surface area (Å²) in [5, 5.41) is 31.4. The van der Waals surface area contributed by atoms with Crippen molar-refractivity contribution in [3.8, 4) is 0 Å². The number of amides is 8. The molecular formula is C43H72N10O9. The summed E-state index contributed by atoms with van der Waals surface area (Å²) in [6.07, 6.45) is 1.92. The van der Waals surface area contributed by atoms with Crippen LogP contribution in [-0.2, 0) is 44.8 Å². The first kappa shape index (κ1) is 53.0. The van der Waals surface area contributed by atoms with Gasteiger partial charge in [-0.05, 0) is 88.7 Å². The summed E-state index contributed by atoms with van der Waals surface area (Å²) in [6, 6.07) is -1.66. The maximum absolute atomic E-state index is 13.8. The summed E-state index contributed by atoms with van der Waals surface area (Å²) in [7, 11) is 0. The molecule has 13 N–H and O–H groups in total. The quantitative estimate of drug-likeness (QED) is 0.0649. The zero-order valence-corrected chi connectivity index (χ0v) is 37.5. The van der Waals surface area contributed by atoms with E-state index in [0.717, 1.165) is 5.56 Å². The van der Waals surface area contributed by atoms with Crippen molar-refractivity contribution in [1.82, 2.24) is 42.5 Å². The van der Waals surface area contributed by atoms with Crippen LogP contribution in [0.2, 0.25) is 0 Å². The normalized spacial score (nSPS) is 22.0. The fraction of sp³-hybridized carbons (Fsp3) is 0.674. The Balaban J connectivity index is 2.34. The number of benzene rings is 1. The molecule has 1 aromatic carbocycles. The molecule has 0 spiro atoms. The summed E-state index contributed by atoms with van der Waals surface area (Å²) in [5.74, 6) is -5.93. The predicted molar refractivity (Wildman–Crippen MR) is 233 cm³/mol. The molecular weight excluding hydrogens is 801 g/mol. The molecule has 2 rings (SSSR count). The lowest BCUT2D eigenvalue weighted by Gasteiger charge is -2.30. The fourth-order valence-corrected chi connectivity index (χ4v) is 6.87. The van der Waals surface area contributed by atoms with Gasteiger partial charge in [0.2, 0.25) is 47.3 Å². The van der Waals surface area contributed by atoms with Gasteiger partial charge >= 0.3 is 0 Å². The van der Waals surface area contributed by atoms with Gasteiger partial charge in [0.15, 0.2) is 0 Å². The second-order valence-electron chi connectivity index (χ2n) is 17.5. The number of carbonyl (C=O) groups excluding carboxylic acids is 8. The first-order valence-electron chi connectivity index (χ1n) is 21.7. The third-order valence-corrected chi connectivity index (χ3v) is 10.3. The molecule has 0 saturated carbocycles. The highest BCUT2D eigenvalue weighted by atomic mass is 16.3. The number of nitrogens with one attached hydrogen (secondary N) is 8. The number of hydrogen-bond donors (Lipinski definition) is 11. The van der Waals surface area contributed by atoms with Crippen LogP contribution in [0.25, 0.3) is 0 Å². The van der Waals surface area contributed by atoms with Crippen molar-refractivity contribution in [3.63, 3.8) is 0 Å². The van der Waals surface area contributed by atoms with E-state index < -0.39 is 108 Å². The Labute approximate surface area is 365 Å². The number of aliphatic hydroxyl groups is 1. The van der Waals surface area contributed by atoms with Crippen LogP contribution >= 0.6 is 0 Å². The Kier molecular flexibility index (Phi) is 22.5. The molecule has 8 amide bonds. The van der Waals surface area contributed by atoms with E-state index in [2.05, 4.69) is 42.5 Å². The smallest absolute Gasteiger partial charge is 0.245 e. The molecule has 1 saturated heterocycles. The van der Waals surface area contributed by atoms with Gasteiger partial charge in [0.1, 0.15) is 42.3 Å². The third-order valence-electron chi connectivity index (χ3n) is 10.3. The van der Waals surface area contributed by atoms with Gasteiger partial charge in [-0.1, -0.05) is 71.9 Å². The lowest BCUT2D eigenvalue weighted by molar-refractivity contribution is -0.136. The zero-order chi connectivity index (χ0) is 46.7. The number of unbranched alkanes of at least 4 members (excludes halogenated alkanes) is 1. The average molecular weight is 873 g/mol. The molecule has 1 fully saturated rings. The molecule has 1 aromatic rings. The van der Waals surface area contributed by atoms with Gasteiger partial charge in [0, 0.05) is 0 Å². The highest BCUT2D eigenvalue weighted by molar-refractivity contribution is 5.98. The van der Waals surface area contributed by atoms with Crippen molar-refractivity contribution in [2.45, 2.75) is 155 Å². The molecule has 0 radical (unpaired) electrons. The standard InChI is InChI=1S/C43H72N10O9/c1-23(2)18-31-39(58)46-26(7)35(43(62)47-27(8)36(55)49-32(19-24(3)4)41(60)51-31)53-42(61)34(22-54)52-38(57)30(16-12-13-17-44)48-40(59)33(20-25(5)6)50-37(56)29(45)21-28-14-10-9-11-15-28/h9-11,14-15,23-27,29-35,54H,12-13,16-22,44-45H2,1-8H3,(H,46,58)(H,47,62)(H,48,59)(H,49,55)(H,50,56)(H,51,60)(H,52,57)(H,53,61)/t26-,27-,29-,30+,31-,32-,33+,34-,35?/m0/s1. The maximum atomic E-state index is 13.8. The minimum Gasteiger partial charge on any atom is -0.394 e. The molecule has 1 aliphatic heterocycles. The van der Waals surface area contributed by atoms with Gasteiger partial charge in [-0.15, -0.1) is 0 Å². The number of nitrogens with two attached hydrogens (primary N) is 2. The Morgan fingerprint density at radius 1 is 0.661 bits per heavy atom. The van der Waals surface area contributed by atoms with E-state index in [0.29, 0.717) is 19.4 Å². The summed E-state index contributed by atoms with van der Waals surface area (Å²) in [4.78, 5) is 109. The van der Waals surface area contributed by atoms with E-state index >= 15 is 0 Å². The fourth-order valence-electron chi connectivity index (χ4n) is 6.87. The predicted octanol–water partition coefficient (Wildman–Crippen LogP) is -1.25. The highest BCUT2D eigenvalue weighted by Crippen LogP contribution is 2.12. The first-order chi connectivity index (χ1) is 29.2. The molecule has 19 nitrogen and oxygen atoms in total. The summed E-state index contributed by atoms with van der Waals surface area (Å²) >= 11 is 0. The molecule has 0 aliphatic carbocycles. The van der Waals surface area contributed by atoms with Gasteiger partial charge in [-0.2, -0.15) is 0 Å².